The molecule has 37 heavy (non-hydrogen) atoms. The number of hydrogen-bond acceptors (Lipinski definition) is 6. The molecule has 4 atom stereocenters. The molecular weight excluding hydrogens is 474 g/mol. The maximum absolute atomic E-state index is 14.0. The first-order valence-electron chi connectivity index (χ1n) is 12.3. The molecular formula is C28H31N3O6. The summed E-state index contributed by atoms with van der Waals surface area (Å²) < 4.78 is 9.16. The minimum atomic E-state index is -1.11. The number of phenols is 1. The molecule has 1 aliphatic heterocycles. The number of ether oxygens (including phenoxy) is 1. The second-order valence-electron chi connectivity index (χ2n) is 10.7. The molecule has 0 amide bonds. The van der Waals surface area contributed by atoms with Gasteiger partial charge in [-0.3, -0.25) is 9.59 Å². The summed E-state index contributed by atoms with van der Waals surface area (Å²) in [5.74, 6) is -0.397. The van der Waals surface area contributed by atoms with E-state index in [9.17, 15) is 24.3 Å². The third kappa shape index (κ3) is 3.09. The fourth-order valence-corrected chi connectivity index (χ4v) is 6.53. The summed E-state index contributed by atoms with van der Waals surface area (Å²) in [5, 5.41) is 9.99. The lowest BCUT2D eigenvalue weighted by molar-refractivity contribution is -0.152. The number of hydrogen-bond donors (Lipinski definition) is 1. The first kappa shape index (κ1) is 24.8. The molecule has 0 unspecified atom stereocenters. The van der Waals surface area contributed by atoms with Gasteiger partial charge in [0, 0.05) is 18.4 Å². The average molecular weight is 506 g/mol. The molecule has 0 spiro atoms. The van der Waals surface area contributed by atoms with E-state index in [-0.39, 0.29) is 30.3 Å². The van der Waals surface area contributed by atoms with Crippen LogP contribution in [0.5, 0.6) is 11.5 Å². The van der Waals surface area contributed by atoms with Gasteiger partial charge in [-0.2, -0.15) is 0 Å². The minimum absolute atomic E-state index is 0.0117. The number of ketones is 2. The van der Waals surface area contributed by atoms with Crippen LogP contribution >= 0.6 is 0 Å². The number of benzene rings is 1. The average Bonchev–Trinajstić information content (AvgIpc) is 3.11. The fourth-order valence-electron chi connectivity index (χ4n) is 6.53. The van der Waals surface area contributed by atoms with Crippen LogP contribution in [0.3, 0.4) is 0 Å². The molecule has 5 rings (SSSR count). The molecule has 1 saturated carbocycles. The minimum Gasteiger partial charge on any atom is -0.504 e. The van der Waals surface area contributed by atoms with Crippen molar-refractivity contribution in [2.45, 2.75) is 46.7 Å². The Balaban J connectivity index is 1.74. The molecule has 2 heterocycles. The predicted molar refractivity (Wildman–Crippen MR) is 137 cm³/mol. The summed E-state index contributed by atoms with van der Waals surface area (Å²) in [7, 11) is 2.91. The standard InChI is InChI=1S/C28H31N3O6/c1-15-16(2)24(34)28(4)19(9-7-17-8-10-21(32)22(13-17)37-6)18-11-12-30-25(35)29(5)26(36)31(30)20(18)14-27(28,3)23(15)33/h7-11,13,19-20,32H,12,14H2,1-6H3/t19-,20+,27-,28+/m0/s1. The molecule has 1 N–H and O–H groups in total. The van der Waals surface area contributed by atoms with Gasteiger partial charge < -0.3 is 9.84 Å². The lowest BCUT2D eigenvalue weighted by atomic mass is 9.44. The van der Waals surface area contributed by atoms with Crippen LogP contribution in [0.25, 0.3) is 6.08 Å². The number of nitrogens with zero attached hydrogens (tertiary/aromatic N) is 3. The Morgan fingerprint density at radius 3 is 2.41 bits per heavy atom. The molecule has 1 aromatic heterocycles. The molecule has 0 bridgehead atoms. The number of fused-ring (bicyclic) bond motifs is 4. The van der Waals surface area contributed by atoms with Gasteiger partial charge in [-0.25, -0.2) is 23.5 Å². The van der Waals surface area contributed by atoms with Crippen molar-refractivity contribution in [3.05, 3.63) is 73.6 Å². The molecule has 2 aliphatic carbocycles. The Labute approximate surface area is 214 Å². The first-order chi connectivity index (χ1) is 17.4. The van der Waals surface area contributed by atoms with Gasteiger partial charge in [-0.1, -0.05) is 38.1 Å². The van der Waals surface area contributed by atoms with E-state index in [0.29, 0.717) is 16.9 Å². The topological polar surface area (TPSA) is 113 Å². The predicted octanol–water partition coefficient (Wildman–Crippen LogP) is 2.78. The third-order valence-electron chi connectivity index (χ3n) is 9.06. The van der Waals surface area contributed by atoms with Crippen LogP contribution in [0.2, 0.25) is 0 Å². The fraction of sp³-hybridized carbons (Fsp3) is 0.429. The number of Topliss-reactive ketones (excluding diaryl/α,β-unsaturated/α-hetero) is 2. The van der Waals surface area contributed by atoms with Crippen LogP contribution in [0, 0.1) is 16.7 Å². The molecule has 0 saturated heterocycles. The number of carbonyl (C=O) groups is 2. The van der Waals surface area contributed by atoms with Crippen LogP contribution in [0.1, 0.15) is 45.7 Å². The van der Waals surface area contributed by atoms with Crippen molar-refractivity contribution < 1.29 is 19.4 Å². The van der Waals surface area contributed by atoms with Crippen LogP contribution in [0.15, 0.2) is 56.7 Å². The Morgan fingerprint density at radius 2 is 1.73 bits per heavy atom. The van der Waals surface area contributed by atoms with Crippen molar-refractivity contribution in [1.29, 1.82) is 0 Å². The van der Waals surface area contributed by atoms with Crippen LogP contribution in [-0.4, -0.2) is 37.7 Å². The van der Waals surface area contributed by atoms with Gasteiger partial charge >= 0.3 is 11.4 Å². The second kappa shape index (κ2) is 8.06. The largest absolute Gasteiger partial charge is 0.504 e. The SMILES string of the molecule is COc1cc(C=C[C@H]2C3=CCn4c(=O)n(C)c(=O)n4[C@@H]3C[C@@]3(C)C(=O)C(C)=C(C)C(=O)[C@@]23C)ccc1O. The number of phenolic OH excluding ortho intramolecular Hbond substituents is 1. The van der Waals surface area contributed by atoms with Crippen molar-refractivity contribution in [3.63, 3.8) is 0 Å². The highest BCUT2D eigenvalue weighted by atomic mass is 16.5. The number of rotatable bonds is 3. The Bertz CT molecular complexity index is 1580. The van der Waals surface area contributed by atoms with Crippen molar-refractivity contribution in [1.82, 2.24) is 13.9 Å². The van der Waals surface area contributed by atoms with Gasteiger partial charge in [-0.15, -0.1) is 0 Å². The van der Waals surface area contributed by atoms with Crippen molar-refractivity contribution in [3.8, 4) is 11.5 Å². The van der Waals surface area contributed by atoms with E-state index in [1.807, 2.05) is 32.1 Å². The van der Waals surface area contributed by atoms with E-state index in [0.717, 1.165) is 15.7 Å². The van der Waals surface area contributed by atoms with E-state index < -0.39 is 34.2 Å². The van der Waals surface area contributed by atoms with Crippen molar-refractivity contribution in [2.75, 3.05) is 7.11 Å². The smallest absolute Gasteiger partial charge is 0.347 e. The second-order valence-corrected chi connectivity index (χ2v) is 10.7. The Hall–Kier alpha value is -3.88. The zero-order chi connectivity index (χ0) is 27.0. The molecule has 3 aliphatic rings. The summed E-state index contributed by atoms with van der Waals surface area (Å²) in [5.41, 5.74) is -0.597. The molecule has 1 aromatic carbocycles. The Morgan fingerprint density at radius 1 is 1.05 bits per heavy atom. The number of aromatic hydroxyl groups is 1. The quantitative estimate of drug-likeness (QED) is 0.642. The lowest BCUT2D eigenvalue weighted by Crippen LogP contribution is -2.61. The summed E-state index contributed by atoms with van der Waals surface area (Å²) >= 11 is 0. The van der Waals surface area contributed by atoms with E-state index in [1.165, 1.54) is 29.6 Å². The van der Waals surface area contributed by atoms with Gasteiger partial charge in [0.25, 0.3) is 0 Å². The molecule has 2 aromatic rings. The highest BCUT2D eigenvalue weighted by Crippen LogP contribution is 2.63. The van der Waals surface area contributed by atoms with E-state index in [1.54, 1.807) is 26.0 Å². The molecule has 9 nitrogen and oxygen atoms in total. The highest BCUT2D eigenvalue weighted by Gasteiger charge is 2.65. The summed E-state index contributed by atoms with van der Waals surface area (Å²) in [6.07, 6.45) is 5.89. The Kier molecular flexibility index (Phi) is 5.40. The van der Waals surface area contributed by atoms with E-state index in [4.69, 9.17) is 4.74 Å². The molecule has 9 heteroatoms. The summed E-state index contributed by atoms with van der Waals surface area (Å²) in [4.78, 5) is 53.7. The van der Waals surface area contributed by atoms with Crippen LogP contribution < -0.4 is 16.1 Å². The number of aromatic nitrogens is 3. The number of carbonyl (C=O) groups excluding carboxylic acids is 2. The van der Waals surface area contributed by atoms with Gasteiger partial charge in [0.05, 0.1) is 25.1 Å². The normalized spacial score (nSPS) is 29.2. The van der Waals surface area contributed by atoms with Crippen molar-refractivity contribution >= 4 is 17.6 Å². The van der Waals surface area contributed by atoms with E-state index >= 15 is 0 Å². The van der Waals surface area contributed by atoms with Gasteiger partial charge in [0.1, 0.15) is 0 Å². The van der Waals surface area contributed by atoms with Gasteiger partial charge in [-0.05, 0) is 54.7 Å². The highest BCUT2D eigenvalue weighted by molar-refractivity contribution is 6.17. The van der Waals surface area contributed by atoms with E-state index in [2.05, 4.69) is 0 Å². The zero-order valence-corrected chi connectivity index (χ0v) is 21.9. The lowest BCUT2D eigenvalue weighted by Gasteiger charge is -2.57. The molecule has 0 radical (unpaired) electrons. The monoisotopic (exact) mass is 505 g/mol. The van der Waals surface area contributed by atoms with Gasteiger partial charge in [0.15, 0.2) is 23.1 Å². The first-order valence-corrected chi connectivity index (χ1v) is 12.3. The number of methoxy groups -OCH3 is 1. The van der Waals surface area contributed by atoms with Crippen LogP contribution in [-0.2, 0) is 23.2 Å². The summed E-state index contributed by atoms with van der Waals surface area (Å²) in [6, 6.07) is 4.39. The molecule has 194 valence electrons. The van der Waals surface area contributed by atoms with Crippen LogP contribution in [0.4, 0.5) is 0 Å². The third-order valence-corrected chi connectivity index (χ3v) is 9.06. The zero-order valence-electron chi connectivity index (χ0n) is 21.9. The maximum atomic E-state index is 14.0. The number of allylic oxidation sites excluding steroid dienone is 5. The van der Waals surface area contributed by atoms with Crippen molar-refractivity contribution in [2.24, 2.45) is 23.8 Å². The summed E-state index contributed by atoms with van der Waals surface area (Å²) in [6.45, 7) is 7.25. The maximum Gasteiger partial charge on any atom is 0.347 e. The van der Waals surface area contributed by atoms with Gasteiger partial charge in [0.2, 0.25) is 0 Å². The molecule has 1 fully saturated rings.